The van der Waals surface area contributed by atoms with E-state index in [4.69, 9.17) is 4.74 Å². The highest BCUT2D eigenvalue weighted by molar-refractivity contribution is 5.77. The van der Waals surface area contributed by atoms with Crippen LogP contribution in [-0.4, -0.2) is 29.8 Å². The minimum absolute atomic E-state index is 0.00204. The molecule has 21 heavy (non-hydrogen) atoms. The number of hydrogen-bond acceptors (Lipinski definition) is 4. The second-order valence-corrected chi connectivity index (χ2v) is 5.11. The van der Waals surface area contributed by atoms with Crippen molar-refractivity contribution in [2.75, 3.05) is 20.3 Å². The summed E-state index contributed by atoms with van der Waals surface area (Å²) in [6.07, 6.45) is 1.04. The monoisotopic (exact) mass is 289 g/mol. The molecule has 0 saturated carbocycles. The van der Waals surface area contributed by atoms with Crippen LogP contribution < -0.4 is 10.9 Å². The molecule has 1 aromatic heterocycles. The molecule has 2 aromatic rings. The minimum atomic E-state index is -0.00204. The molecule has 0 spiro atoms. The Morgan fingerprint density at radius 3 is 2.86 bits per heavy atom. The SMILES string of the molecule is CCCNC(C)c1nc2ccccc2c(=O)n1CCOC. The van der Waals surface area contributed by atoms with Crippen LogP contribution in [0.5, 0.6) is 0 Å². The first-order valence-electron chi connectivity index (χ1n) is 7.40. The summed E-state index contributed by atoms with van der Waals surface area (Å²) >= 11 is 0. The molecular weight excluding hydrogens is 266 g/mol. The van der Waals surface area contributed by atoms with Gasteiger partial charge in [-0.1, -0.05) is 19.1 Å². The summed E-state index contributed by atoms with van der Waals surface area (Å²) in [6, 6.07) is 7.50. The van der Waals surface area contributed by atoms with E-state index in [1.165, 1.54) is 0 Å². The average molecular weight is 289 g/mol. The number of methoxy groups -OCH3 is 1. The van der Waals surface area contributed by atoms with Crippen molar-refractivity contribution in [1.29, 1.82) is 0 Å². The Kier molecular flexibility index (Phi) is 5.47. The minimum Gasteiger partial charge on any atom is -0.383 e. The molecule has 114 valence electrons. The Bertz CT molecular complexity index is 652. The number of aromatic nitrogens is 2. The van der Waals surface area contributed by atoms with Crippen molar-refractivity contribution in [3.63, 3.8) is 0 Å². The number of rotatable bonds is 7. The van der Waals surface area contributed by atoms with E-state index >= 15 is 0 Å². The Hall–Kier alpha value is -1.72. The molecule has 1 atom stereocenters. The van der Waals surface area contributed by atoms with Crippen molar-refractivity contribution < 1.29 is 4.74 Å². The van der Waals surface area contributed by atoms with Crippen LogP contribution in [0.4, 0.5) is 0 Å². The first-order chi connectivity index (χ1) is 10.2. The zero-order valence-electron chi connectivity index (χ0n) is 12.9. The topological polar surface area (TPSA) is 56.2 Å². The number of nitrogens with zero attached hydrogens (tertiary/aromatic N) is 2. The van der Waals surface area contributed by atoms with Crippen molar-refractivity contribution in [2.24, 2.45) is 0 Å². The summed E-state index contributed by atoms with van der Waals surface area (Å²) in [7, 11) is 1.64. The maximum Gasteiger partial charge on any atom is 0.261 e. The van der Waals surface area contributed by atoms with Crippen molar-refractivity contribution in [3.8, 4) is 0 Å². The molecule has 5 nitrogen and oxygen atoms in total. The van der Waals surface area contributed by atoms with Crippen LogP contribution in [0.25, 0.3) is 10.9 Å². The van der Waals surface area contributed by atoms with Gasteiger partial charge in [0.1, 0.15) is 5.82 Å². The van der Waals surface area contributed by atoms with Gasteiger partial charge in [0.05, 0.1) is 30.1 Å². The third-order valence-corrected chi connectivity index (χ3v) is 3.50. The fourth-order valence-electron chi connectivity index (χ4n) is 2.37. The number of nitrogens with one attached hydrogen (secondary N) is 1. The van der Waals surface area contributed by atoms with Crippen molar-refractivity contribution in [2.45, 2.75) is 32.9 Å². The molecule has 0 radical (unpaired) electrons. The fourth-order valence-corrected chi connectivity index (χ4v) is 2.37. The van der Waals surface area contributed by atoms with Crippen LogP contribution in [0.3, 0.4) is 0 Å². The second kappa shape index (κ2) is 7.33. The molecular formula is C16H23N3O2. The molecule has 0 aliphatic rings. The van der Waals surface area contributed by atoms with Gasteiger partial charge >= 0.3 is 0 Å². The third-order valence-electron chi connectivity index (χ3n) is 3.50. The Morgan fingerprint density at radius 2 is 2.14 bits per heavy atom. The molecule has 2 rings (SSSR count). The lowest BCUT2D eigenvalue weighted by Crippen LogP contribution is -2.32. The quantitative estimate of drug-likeness (QED) is 0.848. The first-order valence-corrected chi connectivity index (χ1v) is 7.40. The molecule has 0 bridgehead atoms. The van der Waals surface area contributed by atoms with Crippen molar-refractivity contribution in [3.05, 3.63) is 40.4 Å². The van der Waals surface area contributed by atoms with Gasteiger partial charge in [-0.25, -0.2) is 4.98 Å². The summed E-state index contributed by atoms with van der Waals surface area (Å²) in [5.41, 5.74) is 0.745. The molecule has 5 heteroatoms. The zero-order valence-corrected chi connectivity index (χ0v) is 12.9. The summed E-state index contributed by atoms with van der Waals surface area (Å²) in [5, 5.41) is 4.05. The van der Waals surface area contributed by atoms with Crippen LogP contribution in [0.2, 0.25) is 0 Å². The lowest BCUT2D eigenvalue weighted by Gasteiger charge is -2.19. The van der Waals surface area contributed by atoms with Gasteiger partial charge in [-0.05, 0) is 32.0 Å². The highest BCUT2D eigenvalue weighted by Crippen LogP contribution is 2.13. The Labute approximate surface area is 125 Å². The molecule has 1 aromatic carbocycles. The maximum absolute atomic E-state index is 12.7. The molecule has 1 unspecified atom stereocenters. The van der Waals surface area contributed by atoms with Gasteiger partial charge in [-0.2, -0.15) is 0 Å². The highest BCUT2D eigenvalue weighted by Gasteiger charge is 2.15. The number of fused-ring (bicyclic) bond motifs is 1. The molecule has 1 heterocycles. The average Bonchev–Trinajstić information content (AvgIpc) is 2.51. The molecule has 1 N–H and O–H groups in total. The lowest BCUT2D eigenvalue weighted by atomic mass is 10.2. The Balaban J connectivity index is 2.51. The van der Waals surface area contributed by atoms with Crippen LogP contribution >= 0.6 is 0 Å². The van der Waals surface area contributed by atoms with E-state index in [1.807, 2.05) is 31.2 Å². The van der Waals surface area contributed by atoms with Gasteiger partial charge < -0.3 is 10.1 Å². The Morgan fingerprint density at radius 1 is 1.38 bits per heavy atom. The van der Waals surface area contributed by atoms with E-state index in [0.29, 0.717) is 18.5 Å². The van der Waals surface area contributed by atoms with Crippen LogP contribution in [0.15, 0.2) is 29.1 Å². The summed E-state index contributed by atoms with van der Waals surface area (Å²) in [5.74, 6) is 0.768. The van der Waals surface area contributed by atoms with Gasteiger partial charge in [0.2, 0.25) is 0 Å². The summed E-state index contributed by atoms with van der Waals surface area (Å²) < 4.78 is 6.84. The van der Waals surface area contributed by atoms with Gasteiger partial charge in [-0.15, -0.1) is 0 Å². The second-order valence-electron chi connectivity index (χ2n) is 5.11. The maximum atomic E-state index is 12.7. The van der Waals surface area contributed by atoms with E-state index < -0.39 is 0 Å². The normalized spacial score (nSPS) is 12.7. The molecule has 0 saturated heterocycles. The molecule has 0 aliphatic heterocycles. The van der Waals surface area contributed by atoms with E-state index in [2.05, 4.69) is 17.2 Å². The fraction of sp³-hybridized carbons (Fsp3) is 0.500. The number of ether oxygens (including phenoxy) is 1. The van der Waals surface area contributed by atoms with Crippen LogP contribution in [0, 0.1) is 0 Å². The summed E-state index contributed by atoms with van der Waals surface area (Å²) in [4.78, 5) is 17.4. The van der Waals surface area contributed by atoms with Gasteiger partial charge in [-0.3, -0.25) is 9.36 Å². The smallest absolute Gasteiger partial charge is 0.261 e. The van der Waals surface area contributed by atoms with E-state index in [1.54, 1.807) is 11.7 Å². The van der Waals surface area contributed by atoms with Crippen molar-refractivity contribution in [1.82, 2.24) is 14.9 Å². The first kappa shape index (κ1) is 15.7. The molecule has 0 amide bonds. The number of hydrogen-bond donors (Lipinski definition) is 1. The van der Waals surface area contributed by atoms with Gasteiger partial charge in [0.25, 0.3) is 5.56 Å². The molecule has 0 fully saturated rings. The lowest BCUT2D eigenvalue weighted by molar-refractivity contribution is 0.184. The van der Waals surface area contributed by atoms with Gasteiger partial charge in [0, 0.05) is 7.11 Å². The largest absolute Gasteiger partial charge is 0.383 e. The standard InChI is InChI=1S/C16H23N3O2/c1-4-9-17-12(2)15-18-14-8-6-5-7-13(14)16(20)19(15)10-11-21-3/h5-8,12,17H,4,9-11H2,1-3H3. The number of benzene rings is 1. The summed E-state index contributed by atoms with van der Waals surface area (Å²) in [6.45, 7) is 6.06. The number of para-hydroxylation sites is 1. The third kappa shape index (κ3) is 3.49. The van der Waals surface area contributed by atoms with Crippen LogP contribution in [0.1, 0.15) is 32.1 Å². The van der Waals surface area contributed by atoms with E-state index in [-0.39, 0.29) is 11.6 Å². The van der Waals surface area contributed by atoms with Crippen LogP contribution in [-0.2, 0) is 11.3 Å². The van der Waals surface area contributed by atoms with Gasteiger partial charge in [0.15, 0.2) is 0 Å². The predicted molar refractivity (Wildman–Crippen MR) is 84.6 cm³/mol. The van der Waals surface area contributed by atoms with Crippen molar-refractivity contribution >= 4 is 10.9 Å². The predicted octanol–water partition coefficient (Wildman–Crippen LogP) is 2.10. The zero-order chi connectivity index (χ0) is 15.2. The molecule has 0 aliphatic carbocycles. The van der Waals surface area contributed by atoms with E-state index in [0.717, 1.165) is 24.3 Å². The highest BCUT2D eigenvalue weighted by atomic mass is 16.5. The van der Waals surface area contributed by atoms with E-state index in [9.17, 15) is 4.79 Å².